The molecule has 7 nitrogen and oxygen atoms in total. The maximum Gasteiger partial charge on any atom is 0.416 e. The molecule has 10 heteroatoms. The van der Waals surface area contributed by atoms with Gasteiger partial charge in [-0.25, -0.2) is 14.8 Å². The van der Waals surface area contributed by atoms with Gasteiger partial charge in [0.1, 0.15) is 12.1 Å². The number of nitrogens with one attached hydrogen (secondary N) is 1. The number of anilines is 1. The molecule has 0 aliphatic carbocycles. The number of aromatic nitrogens is 2. The minimum Gasteiger partial charge on any atom is -0.461 e. The van der Waals surface area contributed by atoms with E-state index in [1.165, 1.54) is 31.5 Å². The molecule has 1 aromatic heterocycles. The van der Waals surface area contributed by atoms with Crippen LogP contribution in [0.4, 0.5) is 18.9 Å². The van der Waals surface area contributed by atoms with E-state index in [9.17, 15) is 22.8 Å². The SMILES string of the molecule is CCOC(=O)c1cc(Oc2ccc3c(C(=O)Nc4ccc(C)c(C(F)(F)F)c4)cccc3c2)ncn1. The van der Waals surface area contributed by atoms with Crippen LogP contribution in [-0.4, -0.2) is 28.5 Å². The van der Waals surface area contributed by atoms with E-state index in [0.29, 0.717) is 16.5 Å². The highest BCUT2D eigenvalue weighted by atomic mass is 19.4. The topological polar surface area (TPSA) is 90.4 Å². The third kappa shape index (κ3) is 5.43. The van der Waals surface area contributed by atoms with E-state index in [0.717, 1.165) is 6.07 Å². The molecule has 0 aliphatic heterocycles. The van der Waals surface area contributed by atoms with Crippen molar-refractivity contribution < 1.29 is 32.2 Å². The smallest absolute Gasteiger partial charge is 0.416 e. The number of aryl methyl sites for hydroxylation is 1. The highest BCUT2D eigenvalue weighted by Crippen LogP contribution is 2.34. The second-order valence-electron chi connectivity index (χ2n) is 7.73. The zero-order chi connectivity index (χ0) is 25.9. The van der Waals surface area contributed by atoms with Crippen molar-refractivity contribution in [1.29, 1.82) is 0 Å². The zero-order valence-corrected chi connectivity index (χ0v) is 19.2. The zero-order valence-electron chi connectivity index (χ0n) is 19.2. The Hall–Kier alpha value is -4.47. The van der Waals surface area contributed by atoms with E-state index in [4.69, 9.17) is 9.47 Å². The van der Waals surface area contributed by atoms with E-state index in [-0.39, 0.29) is 35.0 Å². The summed E-state index contributed by atoms with van der Waals surface area (Å²) in [4.78, 5) is 32.7. The average Bonchev–Trinajstić information content (AvgIpc) is 2.84. The van der Waals surface area contributed by atoms with Crippen molar-refractivity contribution in [2.75, 3.05) is 11.9 Å². The molecule has 0 bridgehead atoms. The highest BCUT2D eigenvalue weighted by molar-refractivity contribution is 6.13. The fourth-order valence-electron chi connectivity index (χ4n) is 3.56. The first-order chi connectivity index (χ1) is 17.2. The van der Waals surface area contributed by atoms with E-state index in [1.807, 2.05) is 0 Å². The average molecular weight is 495 g/mol. The van der Waals surface area contributed by atoms with Gasteiger partial charge in [-0.3, -0.25) is 4.79 Å². The molecule has 0 aliphatic rings. The number of carbonyl (C=O) groups excluding carboxylic acids is 2. The molecule has 1 heterocycles. The maximum atomic E-state index is 13.2. The summed E-state index contributed by atoms with van der Waals surface area (Å²) >= 11 is 0. The number of nitrogens with zero attached hydrogens (tertiary/aromatic N) is 2. The quantitative estimate of drug-likeness (QED) is 0.321. The Morgan fingerprint density at radius 3 is 2.56 bits per heavy atom. The first-order valence-corrected chi connectivity index (χ1v) is 10.8. The minimum absolute atomic E-state index is 0.0380. The first-order valence-electron chi connectivity index (χ1n) is 10.8. The summed E-state index contributed by atoms with van der Waals surface area (Å²) < 4.78 is 50.4. The Bertz CT molecular complexity index is 1450. The molecule has 184 valence electrons. The predicted molar refractivity (Wildman–Crippen MR) is 126 cm³/mol. The lowest BCUT2D eigenvalue weighted by Gasteiger charge is -2.13. The van der Waals surface area contributed by atoms with Crippen molar-refractivity contribution >= 4 is 28.3 Å². The van der Waals surface area contributed by atoms with Gasteiger partial charge in [0.25, 0.3) is 5.91 Å². The number of halogens is 3. The maximum absolute atomic E-state index is 13.2. The number of hydrogen-bond acceptors (Lipinski definition) is 6. The molecule has 0 atom stereocenters. The molecule has 4 rings (SSSR count). The first kappa shape index (κ1) is 24.6. The van der Waals surface area contributed by atoms with Crippen LogP contribution in [0.25, 0.3) is 10.8 Å². The van der Waals surface area contributed by atoms with E-state index < -0.39 is 23.6 Å². The second-order valence-corrected chi connectivity index (χ2v) is 7.73. The van der Waals surface area contributed by atoms with Crippen LogP contribution in [-0.2, 0) is 10.9 Å². The number of ether oxygens (including phenoxy) is 2. The Balaban J connectivity index is 1.57. The fourth-order valence-corrected chi connectivity index (χ4v) is 3.56. The number of carbonyl (C=O) groups is 2. The summed E-state index contributed by atoms with van der Waals surface area (Å²) in [5, 5.41) is 3.76. The summed E-state index contributed by atoms with van der Waals surface area (Å²) in [5.41, 5.74) is -0.380. The van der Waals surface area contributed by atoms with Crippen LogP contribution in [0.15, 0.2) is 67.0 Å². The van der Waals surface area contributed by atoms with Crippen LogP contribution in [0.3, 0.4) is 0 Å². The van der Waals surface area contributed by atoms with Crippen molar-refractivity contribution in [3.8, 4) is 11.6 Å². The van der Waals surface area contributed by atoms with Gasteiger partial charge in [-0.1, -0.05) is 18.2 Å². The molecule has 0 saturated heterocycles. The molecule has 0 spiro atoms. The van der Waals surface area contributed by atoms with Gasteiger partial charge in [0.05, 0.1) is 12.2 Å². The van der Waals surface area contributed by atoms with Crippen LogP contribution in [0.1, 0.15) is 38.9 Å². The molecule has 0 unspecified atom stereocenters. The third-order valence-corrected chi connectivity index (χ3v) is 5.25. The predicted octanol–water partition coefficient (Wildman–Crippen LogP) is 6.18. The number of alkyl halides is 3. The standard InChI is InChI=1S/C26H20F3N3O4/c1-3-35-25(34)22-13-23(31-14-30-22)36-18-9-10-19-16(11-18)5-4-6-20(19)24(33)32-17-8-7-15(2)21(12-17)26(27,28)29/h4-14H,3H2,1-2H3,(H,32,33). The Morgan fingerprint density at radius 2 is 1.81 bits per heavy atom. The minimum atomic E-state index is -4.53. The van der Waals surface area contributed by atoms with E-state index in [1.54, 1.807) is 43.3 Å². The van der Waals surface area contributed by atoms with Crippen LogP contribution in [0.5, 0.6) is 11.6 Å². The van der Waals surface area contributed by atoms with Crippen molar-refractivity contribution in [2.45, 2.75) is 20.0 Å². The lowest BCUT2D eigenvalue weighted by molar-refractivity contribution is -0.138. The van der Waals surface area contributed by atoms with Crippen molar-refractivity contribution in [3.63, 3.8) is 0 Å². The summed E-state index contributed by atoms with van der Waals surface area (Å²) in [6.45, 7) is 3.24. The normalized spacial score (nSPS) is 11.2. The van der Waals surface area contributed by atoms with Gasteiger partial charge in [-0.05, 0) is 66.6 Å². The van der Waals surface area contributed by atoms with Gasteiger partial charge in [0.15, 0.2) is 5.69 Å². The van der Waals surface area contributed by atoms with Crippen LogP contribution >= 0.6 is 0 Å². The number of fused-ring (bicyclic) bond motifs is 1. The summed E-state index contributed by atoms with van der Waals surface area (Å²) in [6, 6.07) is 14.9. The Kier molecular flexibility index (Phi) is 6.86. The summed E-state index contributed by atoms with van der Waals surface area (Å²) in [5.74, 6) is -0.640. The van der Waals surface area contributed by atoms with Gasteiger partial charge in [-0.15, -0.1) is 0 Å². The van der Waals surface area contributed by atoms with Crippen molar-refractivity contribution in [3.05, 3.63) is 89.4 Å². The third-order valence-electron chi connectivity index (χ3n) is 5.25. The van der Waals surface area contributed by atoms with E-state index in [2.05, 4.69) is 15.3 Å². The monoisotopic (exact) mass is 495 g/mol. The van der Waals surface area contributed by atoms with Crippen molar-refractivity contribution in [1.82, 2.24) is 9.97 Å². The molecule has 3 aromatic carbocycles. The molecule has 36 heavy (non-hydrogen) atoms. The van der Waals surface area contributed by atoms with Gasteiger partial charge in [0, 0.05) is 17.3 Å². The molecule has 0 fully saturated rings. The Morgan fingerprint density at radius 1 is 1.00 bits per heavy atom. The molecule has 1 N–H and O–H groups in total. The van der Waals surface area contributed by atoms with Gasteiger partial charge >= 0.3 is 12.1 Å². The van der Waals surface area contributed by atoms with Crippen molar-refractivity contribution in [2.24, 2.45) is 0 Å². The number of rotatable bonds is 6. The lowest BCUT2D eigenvalue weighted by atomic mass is 10.0. The lowest BCUT2D eigenvalue weighted by Crippen LogP contribution is -2.14. The number of benzene rings is 3. The molecular formula is C26H20F3N3O4. The number of hydrogen-bond donors (Lipinski definition) is 1. The highest BCUT2D eigenvalue weighted by Gasteiger charge is 2.32. The molecule has 1 amide bonds. The van der Waals surface area contributed by atoms with Gasteiger partial charge < -0.3 is 14.8 Å². The molecule has 0 radical (unpaired) electrons. The van der Waals surface area contributed by atoms with Crippen LogP contribution in [0, 0.1) is 6.92 Å². The number of esters is 1. The van der Waals surface area contributed by atoms with Gasteiger partial charge in [-0.2, -0.15) is 13.2 Å². The molecule has 0 saturated carbocycles. The summed E-state index contributed by atoms with van der Waals surface area (Å²) in [7, 11) is 0. The molecule has 4 aromatic rings. The largest absolute Gasteiger partial charge is 0.461 e. The molecular weight excluding hydrogens is 475 g/mol. The van der Waals surface area contributed by atoms with Crippen LogP contribution < -0.4 is 10.1 Å². The summed E-state index contributed by atoms with van der Waals surface area (Å²) in [6.07, 6.45) is -3.35. The van der Waals surface area contributed by atoms with Crippen LogP contribution in [0.2, 0.25) is 0 Å². The van der Waals surface area contributed by atoms with E-state index >= 15 is 0 Å². The van der Waals surface area contributed by atoms with Gasteiger partial charge in [0.2, 0.25) is 5.88 Å². The fraction of sp³-hybridized carbons (Fsp3) is 0.154. The second kappa shape index (κ2) is 10.0. The Labute approximate surface area is 203 Å². The number of amides is 1.